The number of anilines is 1. The summed E-state index contributed by atoms with van der Waals surface area (Å²) in [7, 11) is 1.59. The second-order valence-electron chi connectivity index (χ2n) is 9.00. The van der Waals surface area contributed by atoms with E-state index in [9.17, 15) is 14.0 Å². The van der Waals surface area contributed by atoms with Crippen LogP contribution in [0.2, 0.25) is 0 Å². The van der Waals surface area contributed by atoms with E-state index in [0.717, 1.165) is 5.56 Å². The third-order valence-corrected chi connectivity index (χ3v) is 5.64. The SMILES string of the molecule is COc1ccc(-c2cn(-c3ccc(F)cc3)c(NC(=O)CN(Cc3ccco3)C(=O)CC(C)C)n2)cc1. The fourth-order valence-electron chi connectivity index (χ4n) is 3.81. The normalized spacial score (nSPS) is 10.9. The largest absolute Gasteiger partial charge is 0.497 e. The second-order valence-corrected chi connectivity index (χ2v) is 9.00. The molecule has 2 heterocycles. The van der Waals surface area contributed by atoms with E-state index in [0.29, 0.717) is 29.3 Å². The zero-order valence-corrected chi connectivity index (χ0v) is 21.0. The minimum Gasteiger partial charge on any atom is -0.497 e. The van der Waals surface area contributed by atoms with Crippen LogP contribution < -0.4 is 10.1 Å². The molecule has 4 aromatic rings. The molecule has 0 fully saturated rings. The highest BCUT2D eigenvalue weighted by Crippen LogP contribution is 2.26. The first-order chi connectivity index (χ1) is 17.8. The first-order valence-corrected chi connectivity index (χ1v) is 11.9. The van der Waals surface area contributed by atoms with Gasteiger partial charge in [-0.15, -0.1) is 0 Å². The highest BCUT2D eigenvalue weighted by atomic mass is 19.1. The molecule has 0 radical (unpaired) electrons. The molecule has 1 N–H and O–H groups in total. The van der Waals surface area contributed by atoms with Crippen LogP contribution in [0.15, 0.2) is 77.5 Å². The van der Waals surface area contributed by atoms with Crippen LogP contribution in [0.5, 0.6) is 5.75 Å². The van der Waals surface area contributed by atoms with Crippen molar-refractivity contribution >= 4 is 17.8 Å². The molecule has 37 heavy (non-hydrogen) atoms. The van der Waals surface area contributed by atoms with E-state index < -0.39 is 5.91 Å². The van der Waals surface area contributed by atoms with Gasteiger partial charge in [-0.05, 0) is 66.6 Å². The number of furan rings is 1. The number of nitrogens with zero attached hydrogens (tertiary/aromatic N) is 3. The lowest BCUT2D eigenvalue weighted by molar-refractivity contribution is -0.136. The number of methoxy groups -OCH3 is 1. The van der Waals surface area contributed by atoms with Gasteiger partial charge >= 0.3 is 0 Å². The van der Waals surface area contributed by atoms with Crippen LogP contribution in [0.3, 0.4) is 0 Å². The highest BCUT2D eigenvalue weighted by molar-refractivity contribution is 5.94. The molecule has 0 aliphatic rings. The van der Waals surface area contributed by atoms with Gasteiger partial charge in [0.1, 0.15) is 23.9 Å². The number of ether oxygens (including phenoxy) is 1. The average Bonchev–Trinajstić information content (AvgIpc) is 3.54. The number of hydrogen-bond acceptors (Lipinski definition) is 5. The van der Waals surface area contributed by atoms with Gasteiger partial charge < -0.3 is 14.1 Å². The Morgan fingerprint density at radius 3 is 2.46 bits per heavy atom. The molecule has 0 aliphatic carbocycles. The van der Waals surface area contributed by atoms with Crippen molar-refractivity contribution in [2.75, 3.05) is 19.0 Å². The molecule has 192 valence electrons. The maximum absolute atomic E-state index is 13.6. The Labute approximate surface area is 214 Å². The third kappa shape index (κ3) is 6.63. The summed E-state index contributed by atoms with van der Waals surface area (Å²) in [5, 5.41) is 2.82. The van der Waals surface area contributed by atoms with Gasteiger partial charge in [0.2, 0.25) is 17.8 Å². The van der Waals surface area contributed by atoms with Crippen molar-refractivity contribution < 1.29 is 23.1 Å². The second kappa shape index (κ2) is 11.6. The number of carbonyl (C=O) groups excluding carboxylic acids is 2. The minimum absolute atomic E-state index is 0.138. The Morgan fingerprint density at radius 2 is 1.84 bits per heavy atom. The van der Waals surface area contributed by atoms with E-state index in [1.54, 1.807) is 42.1 Å². The van der Waals surface area contributed by atoms with Crippen LogP contribution in [0.1, 0.15) is 26.0 Å². The summed E-state index contributed by atoms with van der Waals surface area (Å²) in [5.41, 5.74) is 2.03. The van der Waals surface area contributed by atoms with Crippen LogP contribution in [-0.2, 0) is 16.1 Å². The summed E-state index contributed by atoms with van der Waals surface area (Å²) in [6.45, 7) is 3.89. The van der Waals surface area contributed by atoms with E-state index in [2.05, 4.69) is 10.3 Å². The van der Waals surface area contributed by atoms with Crippen LogP contribution in [0.4, 0.5) is 10.3 Å². The number of carbonyl (C=O) groups is 2. The fourth-order valence-corrected chi connectivity index (χ4v) is 3.81. The number of halogens is 1. The summed E-state index contributed by atoms with van der Waals surface area (Å²) in [6.07, 6.45) is 3.59. The predicted octanol–water partition coefficient (Wildman–Crippen LogP) is 5.29. The van der Waals surface area contributed by atoms with Crippen LogP contribution in [0, 0.1) is 11.7 Å². The summed E-state index contributed by atoms with van der Waals surface area (Å²) in [6, 6.07) is 16.7. The van der Waals surface area contributed by atoms with Crippen molar-refractivity contribution in [2.45, 2.75) is 26.8 Å². The molecule has 2 aromatic heterocycles. The molecule has 2 aromatic carbocycles. The number of imidazole rings is 1. The van der Waals surface area contributed by atoms with Gasteiger partial charge in [-0.1, -0.05) is 13.8 Å². The van der Waals surface area contributed by atoms with Gasteiger partial charge in [-0.2, -0.15) is 0 Å². The lowest BCUT2D eigenvalue weighted by Gasteiger charge is -2.22. The minimum atomic E-state index is -0.418. The molecule has 0 aliphatic heterocycles. The first-order valence-electron chi connectivity index (χ1n) is 11.9. The zero-order chi connectivity index (χ0) is 26.4. The third-order valence-electron chi connectivity index (χ3n) is 5.64. The number of benzene rings is 2. The van der Waals surface area contributed by atoms with Crippen LogP contribution in [-0.4, -0.2) is 39.9 Å². The van der Waals surface area contributed by atoms with Gasteiger partial charge in [0.25, 0.3) is 0 Å². The molecule has 0 unspecified atom stereocenters. The fraction of sp³-hybridized carbons (Fsp3) is 0.250. The Hall–Kier alpha value is -4.40. The molecule has 0 atom stereocenters. The molecule has 8 nitrogen and oxygen atoms in total. The van der Waals surface area contributed by atoms with E-state index in [4.69, 9.17) is 9.15 Å². The first kappa shape index (κ1) is 25.7. The number of hydrogen-bond donors (Lipinski definition) is 1. The standard InChI is InChI=1S/C28H29FN4O4/c1-19(2)15-27(35)32(16-24-5-4-14-37-24)18-26(34)31-28-30-25(20-6-12-23(36-3)13-7-20)17-33(28)22-10-8-21(29)9-11-22/h4-14,17,19H,15-16,18H2,1-3H3,(H,30,31,34). The molecule has 9 heteroatoms. The van der Waals surface area contributed by atoms with Gasteiger partial charge in [-0.25, -0.2) is 9.37 Å². The van der Waals surface area contributed by atoms with Crippen molar-refractivity contribution in [1.29, 1.82) is 0 Å². The Morgan fingerprint density at radius 1 is 1.11 bits per heavy atom. The molecule has 0 saturated carbocycles. The predicted molar refractivity (Wildman–Crippen MR) is 138 cm³/mol. The zero-order valence-electron chi connectivity index (χ0n) is 21.0. The maximum Gasteiger partial charge on any atom is 0.246 e. The molecule has 4 rings (SSSR count). The molecule has 0 spiro atoms. The lowest BCUT2D eigenvalue weighted by atomic mass is 10.1. The quantitative estimate of drug-likeness (QED) is 0.317. The summed E-state index contributed by atoms with van der Waals surface area (Å²) in [5.74, 6) is 0.733. The summed E-state index contributed by atoms with van der Waals surface area (Å²) >= 11 is 0. The smallest absolute Gasteiger partial charge is 0.246 e. The van der Waals surface area contributed by atoms with Gasteiger partial charge in [0.05, 0.1) is 25.6 Å². The van der Waals surface area contributed by atoms with Crippen molar-refractivity contribution in [2.24, 2.45) is 5.92 Å². The summed E-state index contributed by atoms with van der Waals surface area (Å²) in [4.78, 5) is 32.1. The van der Waals surface area contributed by atoms with E-state index in [1.807, 2.05) is 38.1 Å². The monoisotopic (exact) mass is 504 g/mol. The molecule has 2 amide bonds. The van der Waals surface area contributed by atoms with Crippen molar-refractivity contribution in [1.82, 2.24) is 14.5 Å². The van der Waals surface area contributed by atoms with Crippen molar-refractivity contribution in [3.63, 3.8) is 0 Å². The molecular weight excluding hydrogens is 475 g/mol. The number of rotatable bonds is 10. The molecule has 0 saturated heterocycles. The number of aromatic nitrogens is 2. The Balaban J connectivity index is 1.60. The topological polar surface area (TPSA) is 89.6 Å². The maximum atomic E-state index is 13.6. The molecule has 0 bridgehead atoms. The lowest BCUT2D eigenvalue weighted by Crippen LogP contribution is -2.38. The van der Waals surface area contributed by atoms with E-state index in [-0.39, 0.29) is 36.7 Å². The van der Waals surface area contributed by atoms with Crippen molar-refractivity contribution in [3.8, 4) is 22.7 Å². The number of nitrogens with one attached hydrogen (secondary N) is 1. The van der Waals surface area contributed by atoms with Gasteiger partial charge in [0.15, 0.2) is 0 Å². The molecular formula is C28H29FN4O4. The number of amides is 2. The van der Waals surface area contributed by atoms with E-state index in [1.165, 1.54) is 23.3 Å². The van der Waals surface area contributed by atoms with E-state index >= 15 is 0 Å². The summed E-state index contributed by atoms with van der Waals surface area (Å²) < 4.78 is 25.9. The Kier molecular flexibility index (Phi) is 8.02. The van der Waals surface area contributed by atoms with Crippen molar-refractivity contribution in [3.05, 3.63) is 84.7 Å². The highest BCUT2D eigenvalue weighted by Gasteiger charge is 2.21. The van der Waals surface area contributed by atoms with Gasteiger partial charge in [-0.3, -0.25) is 19.5 Å². The average molecular weight is 505 g/mol. The Bertz CT molecular complexity index is 1330. The van der Waals surface area contributed by atoms with Crippen LogP contribution in [0.25, 0.3) is 16.9 Å². The van der Waals surface area contributed by atoms with Gasteiger partial charge in [0, 0.05) is 23.9 Å². The van der Waals surface area contributed by atoms with Crippen LogP contribution >= 0.6 is 0 Å².